The lowest BCUT2D eigenvalue weighted by atomic mass is 10.1. The first-order chi connectivity index (χ1) is 7.65. The second kappa shape index (κ2) is 5.92. The number of benzene rings is 1. The average molecular weight is 220 g/mol. The maximum Gasteiger partial charge on any atom is 0.251 e. The number of phenolic OH excluding ortho intramolecular Hbond substituents is 1. The van der Waals surface area contributed by atoms with Crippen molar-refractivity contribution in [2.75, 3.05) is 13.1 Å². The van der Waals surface area contributed by atoms with Gasteiger partial charge in [-0.1, -0.05) is 18.2 Å². The van der Waals surface area contributed by atoms with E-state index in [2.05, 4.69) is 5.32 Å². The van der Waals surface area contributed by atoms with E-state index in [-0.39, 0.29) is 11.7 Å². The molecule has 0 fully saturated rings. The lowest BCUT2D eigenvalue weighted by Crippen LogP contribution is -2.23. The predicted molar refractivity (Wildman–Crippen MR) is 63.4 cm³/mol. The van der Waals surface area contributed by atoms with Crippen molar-refractivity contribution < 1.29 is 9.90 Å². The Hall–Kier alpha value is -1.81. The zero-order valence-electron chi connectivity index (χ0n) is 9.23. The van der Waals surface area contributed by atoms with Crippen molar-refractivity contribution in [1.82, 2.24) is 5.32 Å². The number of aromatic hydroxyl groups is 1. The Morgan fingerprint density at radius 3 is 2.88 bits per heavy atom. The van der Waals surface area contributed by atoms with Crippen LogP contribution in [0.25, 0.3) is 0 Å². The normalized spacial score (nSPS) is 10.6. The van der Waals surface area contributed by atoms with E-state index in [0.29, 0.717) is 18.7 Å². The van der Waals surface area contributed by atoms with Crippen LogP contribution in [0, 0.1) is 6.92 Å². The molecular formula is C12H16N2O2. The lowest BCUT2D eigenvalue weighted by Gasteiger charge is -2.04. The van der Waals surface area contributed by atoms with Crippen molar-refractivity contribution in [2.24, 2.45) is 5.73 Å². The fourth-order valence-corrected chi connectivity index (χ4v) is 1.18. The summed E-state index contributed by atoms with van der Waals surface area (Å²) < 4.78 is 0. The molecule has 16 heavy (non-hydrogen) atoms. The Morgan fingerprint density at radius 2 is 2.25 bits per heavy atom. The molecule has 0 aliphatic rings. The second-order valence-corrected chi connectivity index (χ2v) is 3.42. The van der Waals surface area contributed by atoms with Crippen LogP contribution in [0.2, 0.25) is 0 Å². The van der Waals surface area contributed by atoms with Gasteiger partial charge < -0.3 is 16.2 Å². The minimum absolute atomic E-state index is 0.130. The van der Waals surface area contributed by atoms with Crippen molar-refractivity contribution in [2.45, 2.75) is 6.92 Å². The van der Waals surface area contributed by atoms with Gasteiger partial charge in [0.05, 0.1) is 0 Å². The molecule has 0 aromatic heterocycles. The Balaban J connectivity index is 2.59. The molecule has 1 aromatic rings. The second-order valence-electron chi connectivity index (χ2n) is 3.42. The summed E-state index contributed by atoms with van der Waals surface area (Å²) >= 11 is 0. The zero-order chi connectivity index (χ0) is 12.0. The van der Waals surface area contributed by atoms with E-state index in [9.17, 15) is 9.90 Å². The molecule has 1 amide bonds. The summed E-state index contributed by atoms with van der Waals surface area (Å²) in [4.78, 5) is 11.6. The van der Waals surface area contributed by atoms with Gasteiger partial charge in [-0.15, -0.1) is 0 Å². The predicted octanol–water partition coefficient (Wildman–Crippen LogP) is 0.945. The molecule has 0 bridgehead atoms. The molecule has 0 saturated carbocycles. The van der Waals surface area contributed by atoms with Gasteiger partial charge in [0, 0.05) is 18.7 Å². The quantitative estimate of drug-likeness (QED) is 0.661. The van der Waals surface area contributed by atoms with E-state index >= 15 is 0 Å². The summed E-state index contributed by atoms with van der Waals surface area (Å²) in [6.07, 6.45) is 3.55. The summed E-state index contributed by atoms with van der Waals surface area (Å²) in [5.74, 6) is -0.0814. The van der Waals surface area contributed by atoms with E-state index < -0.39 is 0 Å². The molecule has 0 aliphatic carbocycles. The standard InChI is InChI=1S/C12H16N2O2/c1-9-4-5-10(8-11(9)15)12(16)14-7-3-2-6-13/h2-5,8,15H,6-7,13H2,1H3,(H,14,16)/b3-2+. The van der Waals surface area contributed by atoms with Gasteiger partial charge in [0.1, 0.15) is 5.75 Å². The van der Waals surface area contributed by atoms with Crippen molar-refractivity contribution in [3.8, 4) is 5.75 Å². The van der Waals surface area contributed by atoms with Gasteiger partial charge in [0.25, 0.3) is 5.91 Å². The van der Waals surface area contributed by atoms with Crippen LogP contribution in [0.3, 0.4) is 0 Å². The molecule has 4 nitrogen and oxygen atoms in total. The van der Waals surface area contributed by atoms with Crippen LogP contribution in [0.4, 0.5) is 0 Å². The third-order valence-electron chi connectivity index (χ3n) is 2.15. The molecule has 0 spiro atoms. The minimum atomic E-state index is -0.211. The molecule has 1 aromatic carbocycles. The van der Waals surface area contributed by atoms with E-state index in [1.165, 1.54) is 6.07 Å². The molecule has 0 saturated heterocycles. The van der Waals surface area contributed by atoms with Gasteiger partial charge in [-0.2, -0.15) is 0 Å². The fourth-order valence-electron chi connectivity index (χ4n) is 1.18. The summed E-state index contributed by atoms with van der Waals surface area (Å²) in [6.45, 7) is 2.67. The highest BCUT2D eigenvalue weighted by Crippen LogP contribution is 2.17. The van der Waals surface area contributed by atoms with Gasteiger partial charge in [0.15, 0.2) is 0 Å². The van der Waals surface area contributed by atoms with Gasteiger partial charge in [-0.25, -0.2) is 0 Å². The van der Waals surface area contributed by atoms with Gasteiger partial charge >= 0.3 is 0 Å². The molecule has 0 unspecified atom stereocenters. The number of nitrogens with two attached hydrogens (primary N) is 1. The number of aryl methyl sites for hydroxylation is 1. The number of carbonyl (C=O) groups is 1. The molecular weight excluding hydrogens is 204 g/mol. The summed E-state index contributed by atoms with van der Waals surface area (Å²) in [5, 5.41) is 12.1. The first-order valence-electron chi connectivity index (χ1n) is 5.08. The molecule has 0 atom stereocenters. The number of nitrogens with one attached hydrogen (secondary N) is 1. The van der Waals surface area contributed by atoms with Crippen molar-refractivity contribution in [3.05, 3.63) is 41.5 Å². The van der Waals surface area contributed by atoms with Gasteiger partial charge in [-0.3, -0.25) is 4.79 Å². The van der Waals surface area contributed by atoms with Crippen LogP contribution in [0.15, 0.2) is 30.4 Å². The Kier molecular flexibility index (Phi) is 4.54. The SMILES string of the molecule is Cc1ccc(C(=O)NC/C=C/CN)cc1O. The number of phenols is 1. The molecule has 86 valence electrons. The van der Waals surface area contributed by atoms with Gasteiger partial charge in [-0.05, 0) is 24.6 Å². The highest BCUT2D eigenvalue weighted by Gasteiger charge is 2.05. The topological polar surface area (TPSA) is 75.4 Å². The van der Waals surface area contributed by atoms with Gasteiger partial charge in [0.2, 0.25) is 0 Å². The Labute approximate surface area is 94.8 Å². The minimum Gasteiger partial charge on any atom is -0.508 e. The first-order valence-corrected chi connectivity index (χ1v) is 5.08. The third kappa shape index (κ3) is 3.40. The van der Waals surface area contributed by atoms with Crippen LogP contribution in [-0.4, -0.2) is 24.1 Å². The Bertz CT molecular complexity index is 400. The molecule has 0 radical (unpaired) electrons. The molecule has 0 heterocycles. The molecule has 1 rings (SSSR count). The zero-order valence-corrected chi connectivity index (χ0v) is 9.23. The van der Waals surface area contributed by atoms with Crippen molar-refractivity contribution in [1.29, 1.82) is 0 Å². The van der Waals surface area contributed by atoms with E-state index in [4.69, 9.17) is 5.73 Å². The van der Waals surface area contributed by atoms with E-state index in [1.54, 1.807) is 31.2 Å². The third-order valence-corrected chi connectivity index (χ3v) is 2.15. The maximum atomic E-state index is 11.6. The first kappa shape index (κ1) is 12.3. The molecule has 0 aliphatic heterocycles. The van der Waals surface area contributed by atoms with Crippen molar-refractivity contribution >= 4 is 5.91 Å². The fraction of sp³-hybridized carbons (Fsp3) is 0.250. The van der Waals surface area contributed by atoms with Crippen molar-refractivity contribution in [3.63, 3.8) is 0 Å². The van der Waals surface area contributed by atoms with Crippen LogP contribution in [-0.2, 0) is 0 Å². The smallest absolute Gasteiger partial charge is 0.251 e. The highest BCUT2D eigenvalue weighted by atomic mass is 16.3. The summed E-state index contributed by atoms with van der Waals surface area (Å²) in [7, 11) is 0. The van der Waals surface area contributed by atoms with Crippen LogP contribution < -0.4 is 11.1 Å². The number of hydrogen-bond acceptors (Lipinski definition) is 3. The number of hydrogen-bond donors (Lipinski definition) is 3. The number of rotatable bonds is 4. The molecule has 4 N–H and O–H groups in total. The van der Waals surface area contributed by atoms with Crippen LogP contribution in [0.1, 0.15) is 15.9 Å². The summed E-state index contributed by atoms with van der Waals surface area (Å²) in [5.41, 5.74) is 6.46. The van der Waals surface area contributed by atoms with Crippen LogP contribution in [0.5, 0.6) is 5.75 Å². The summed E-state index contributed by atoms with van der Waals surface area (Å²) in [6, 6.07) is 4.84. The van der Waals surface area contributed by atoms with E-state index in [0.717, 1.165) is 5.56 Å². The number of amides is 1. The monoisotopic (exact) mass is 220 g/mol. The highest BCUT2D eigenvalue weighted by molar-refractivity contribution is 5.94. The lowest BCUT2D eigenvalue weighted by molar-refractivity contribution is 0.0957. The maximum absolute atomic E-state index is 11.6. The molecule has 4 heteroatoms. The van der Waals surface area contributed by atoms with Crippen LogP contribution >= 0.6 is 0 Å². The Morgan fingerprint density at radius 1 is 1.50 bits per heavy atom. The largest absolute Gasteiger partial charge is 0.508 e. The number of carbonyl (C=O) groups excluding carboxylic acids is 1. The average Bonchev–Trinajstić information content (AvgIpc) is 2.28. The van der Waals surface area contributed by atoms with E-state index in [1.807, 2.05) is 0 Å².